The molecule has 1 atom stereocenters. The van der Waals surface area contributed by atoms with Crippen LogP contribution in [-0.2, 0) is 14.8 Å². The second kappa shape index (κ2) is 7.96. The molecule has 1 saturated heterocycles. The van der Waals surface area contributed by atoms with Gasteiger partial charge in [0.05, 0.1) is 12.7 Å². The van der Waals surface area contributed by atoms with E-state index >= 15 is 0 Å². The summed E-state index contributed by atoms with van der Waals surface area (Å²) in [5.74, 6) is -0.621. The number of carbonyl (C=O) groups is 1. The number of halogens is 1. The molecule has 0 saturated carbocycles. The maximum absolute atomic E-state index is 12.7. The van der Waals surface area contributed by atoms with Crippen LogP contribution in [0, 0.1) is 0 Å². The van der Waals surface area contributed by atoms with E-state index in [1.165, 1.54) is 17.5 Å². The molecule has 0 spiro atoms. The van der Waals surface area contributed by atoms with Crippen molar-refractivity contribution in [3.8, 4) is 0 Å². The second-order valence-corrected chi connectivity index (χ2v) is 6.73. The van der Waals surface area contributed by atoms with Gasteiger partial charge in [0.2, 0.25) is 5.09 Å². The van der Waals surface area contributed by atoms with Crippen molar-refractivity contribution in [2.45, 2.75) is 30.9 Å². The zero-order chi connectivity index (χ0) is 15.5. The van der Waals surface area contributed by atoms with Crippen molar-refractivity contribution in [3.63, 3.8) is 0 Å². The molecular formula is C13H21ClN2O5S. The molecule has 126 valence electrons. The SMILES string of the molecule is CCCN(C1CCNC1)S(=O)(=O)c1cc(C(=O)OC)co1.Cl. The third kappa shape index (κ3) is 3.81. The molecule has 1 aromatic rings. The highest BCUT2D eigenvalue weighted by atomic mass is 35.5. The van der Waals surface area contributed by atoms with Crippen LogP contribution >= 0.6 is 12.4 Å². The number of hydrogen-bond donors (Lipinski definition) is 1. The Hall–Kier alpha value is -1.09. The maximum atomic E-state index is 12.7. The van der Waals surface area contributed by atoms with E-state index in [2.05, 4.69) is 10.1 Å². The monoisotopic (exact) mass is 352 g/mol. The molecular weight excluding hydrogens is 332 g/mol. The first-order valence-corrected chi connectivity index (χ1v) is 8.34. The fraction of sp³-hybridized carbons (Fsp3) is 0.615. The van der Waals surface area contributed by atoms with Crippen molar-refractivity contribution in [2.75, 3.05) is 26.7 Å². The second-order valence-electron chi connectivity index (χ2n) is 4.91. The van der Waals surface area contributed by atoms with Gasteiger partial charge < -0.3 is 14.5 Å². The van der Waals surface area contributed by atoms with E-state index in [-0.39, 0.29) is 29.1 Å². The summed E-state index contributed by atoms with van der Waals surface area (Å²) >= 11 is 0. The number of nitrogens with one attached hydrogen (secondary N) is 1. The molecule has 22 heavy (non-hydrogen) atoms. The Morgan fingerprint density at radius 3 is 2.82 bits per heavy atom. The minimum absolute atomic E-state index is 0. The first-order chi connectivity index (χ1) is 10.0. The van der Waals surface area contributed by atoms with Gasteiger partial charge in [-0.05, 0) is 19.4 Å². The molecule has 0 aromatic carbocycles. The predicted molar refractivity (Wildman–Crippen MR) is 82.8 cm³/mol. The molecule has 9 heteroatoms. The minimum Gasteiger partial charge on any atom is -0.465 e. The molecule has 0 aliphatic carbocycles. The summed E-state index contributed by atoms with van der Waals surface area (Å²) in [7, 11) is -2.52. The highest BCUT2D eigenvalue weighted by Gasteiger charge is 2.35. The lowest BCUT2D eigenvalue weighted by Crippen LogP contribution is -2.41. The largest absolute Gasteiger partial charge is 0.465 e. The number of sulfonamides is 1. The summed E-state index contributed by atoms with van der Waals surface area (Å²) < 4.78 is 36.5. The summed E-state index contributed by atoms with van der Waals surface area (Å²) in [5, 5.41) is 2.94. The molecule has 1 aliphatic heterocycles. The fourth-order valence-corrected chi connectivity index (χ4v) is 4.07. The standard InChI is InChI=1S/C13H20N2O5S.ClH/c1-3-6-15(11-4-5-14-8-11)21(17,18)12-7-10(9-20-12)13(16)19-2;/h7,9,11,14H,3-6,8H2,1-2H3;1H. The summed E-state index contributed by atoms with van der Waals surface area (Å²) in [4.78, 5) is 11.4. The van der Waals surface area contributed by atoms with Crippen LogP contribution in [0.4, 0.5) is 0 Å². The molecule has 1 N–H and O–H groups in total. The zero-order valence-corrected chi connectivity index (χ0v) is 14.2. The summed E-state index contributed by atoms with van der Waals surface area (Å²) in [6.07, 6.45) is 2.58. The van der Waals surface area contributed by atoms with Gasteiger partial charge in [0.15, 0.2) is 0 Å². The number of esters is 1. The van der Waals surface area contributed by atoms with Gasteiger partial charge in [-0.1, -0.05) is 6.92 Å². The first kappa shape index (κ1) is 19.0. The number of rotatable bonds is 6. The lowest BCUT2D eigenvalue weighted by molar-refractivity contribution is 0.0600. The van der Waals surface area contributed by atoms with E-state index in [0.717, 1.165) is 19.2 Å². The molecule has 1 aliphatic rings. The van der Waals surface area contributed by atoms with Crippen LogP contribution in [0.2, 0.25) is 0 Å². The van der Waals surface area contributed by atoms with Gasteiger partial charge in [-0.2, -0.15) is 4.31 Å². The van der Waals surface area contributed by atoms with E-state index in [4.69, 9.17) is 4.42 Å². The number of furan rings is 1. The highest BCUT2D eigenvalue weighted by Crippen LogP contribution is 2.23. The van der Waals surface area contributed by atoms with Gasteiger partial charge in [-0.25, -0.2) is 13.2 Å². The average Bonchev–Trinajstić information content (AvgIpc) is 3.14. The topological polar surface area (TPSA) is 88.9 Å². The Balaban J connectivity index is 0.00000242. The van der Waals surface area contributed by atoms with Crippen LogP contribution in [0.5, 0.6) is 0 Å². The lowest BCUT2D eigenvalue weighted by Gasteiger charge is -2.25. The quantitative estimate of drug-likeness (QED) is 0.775. The Kier molecular flexibility index (Phi) is 6.86. The summed E-state index contributed by atoms with van der Waals surface area (Å²) in [5.41, 5.74) is 0.0945. The molecule has 0 radical (unpaired) electrons. The van der Waals surface area contributed by atoms with Crippen LogP contribution in [-0.4, -0.2) is 51.5 Å². The highest BCUT2D eigenvalue weighted by molar-refractivity contribution is 7.89. The number of hydrogen-bond acceptors (Lipinski definition) is 6. The molecule has 0 bridgehead atoms. The molecule has 2 rings (SSSR count). The minimum atomic E-state index is -3.75. The van der Waals surface area contributed by atoms with Crippen molar-refractivity contribution in [1.82, 2.24) is 9.62 Å². The average molecular weight is 353 g/mol. The van der Waals surface area contributed by atoms with E-state index in [1.807, 2.05) is 6.92 Å². The van der Waals surface area contributed by atoms with Crippen molar-refractivity contribution in [3.05, 3.63) is 17.9 Å². The molecule has 7 nitrogen and oxygen atoms in total. The van der Waals surface area contributed by atoms with E-state index < -0.39 is 16.0 Å². The number of ether oxygens (including phenoxy) is 1. The van der Waals surface area contributed by atoms with E-state index in [9.17, 15) is 13.2 Å². The number of carbonyl (C=O) groups excluding carboxylic acids is 1. The summed E-state index contributed by atoms with van der Waals surface area (Å²) in [6, 6.07) is 1.13. The summed E-state index contributed by atoms with van der Waals surface area (Å²) in [6.45, 7) is 3.77. The van der Waals surface area contributed by atoms with Gasteiger partial charge in [0.25, 0.3) is 10.0 Å². The van der Waals surface area contributed by atoms with Gasteiger partial charge in [0, 0.05) is 25.2 Å². The van der Waals surface area contributed by atoms with Crippen LogP contribution < -0.4 is 5.32 Å². The Morgan fingerprint density at radius 2 is 2.27 bits per heavy atom. The number of nitrogens with zero attached hydrogens (tertiary/aromatic N) is 1. The van der Waals surface area contributed by atoms with Crippen LogP contribution in [0.15, 0.2) is 21.8 Å². The van der Waals surface area contributed by atoms with Crippen molar-refractivity contribution in [2.24, 2.45) is 0 Å². The normalized spacial score (nSPS) is 18.2. The Morgan fingerprint density at radius 1 is 1.55 bits per heavy atom. The first-order valence-electron chi connectivity index (χ1n) is 6.90. The molecule has 2 heterocycles. The van der Waals surface area contributed by atoms with Gasteiger partial charge in [0.1, 0.15) is 6.26 Å². The van der Waals surface area contributed by atoms with Crippen molar-refractivity contribution < 1.29 is 22.4 Å². The molecule has 1 aromatic heterocycles. The van der Waals surface area contributed by atoms with E-state index in [1.54, 1.807) is 0 Å². The van der Waals surface area contributed by atoms with Crippen LogP contribution in [0.3, 0.4) is 0 Å². The number of methoxy groups -OCH3 is 1. The molecule has 1 unspecified atom stereocenters. The third-order valence-electron chi connectivity index (χ3n) is 3.45. The van der Waals surface area contributed by atoms with Crippen molar-refractivity contribution >= 4 is 28.4 Å². The maximum Gasteiger partial charge on any atom is 0.341 e. The van der Waals surface area contributed by atoms with Crippen LogP contribution in [0.25, 0.3) is 0 Å². The van der Waals surface area contributed by atoms with Crippen LogP contribution in [0.1, 0.15) is 30.1 Å². The van der Waals surface area contributed by atoms with Gasteiger partial charge >= 0.3 is 5.97 Å². The lowest BCUT2D eigenvalue weighted by atomic mass is 10.2. The fourth-order valence-electron chi connectivity index (χ4n) is 2.40. The Labute approximate surface area is 136 Å². The third-order valence-corrected chi connectivity index (χ3v) is 5.27. The van der Waals surface area contributed by atoms with Gasteiger partial charge in [-0.3, -0.25) is 0 Å². The predicted octanol–water partition coefficient (Wildman–Crippen LogP) is 1.25. The van der Waals surface area contributed by atoms with Crippen molar-refractivity contribution in [1.29, 1.82) is 0 Å². The molecule has 1 fully saturated rings. The zero-order valence-electron chi connectivity index (χ0n) is 12.6. The molecule has 0 amide bonds. The van der Waals surface area contributed by atoms with Gasteiger partial charge in [-0.15, -0.1) is 12.4 Å². The van der Waals surface area contributed by atoms with E-state index in [0.29, 0.717) is 19.5 Å². The smallest absolute Gasteiger partial charge is 0.341 e. The Bertz CT molecular complexity index is 595.